The molecule has 0 aliphatic heterocycles. The number of nitrogen functional groups attached to an aromatic ring is 1. The lowest BCUT2D eigenvalue weighted by molar-refractivity contribution is 0.0522. The fourth-order valence-electron chi connectivity index (χ4n) is 1.48. The summed E-state index contributed by atoms with van der Waals surface area (Å²) in [7, 11) is 0. The van der Waals surface area contributed by atoms with Crippen LogP contribution in [0.2, 0.25) is 5.02 Å². The second kappa shape index (κ2) is 5.99. The van der Waals surface area contributed by atoms with Crippen molar-refractivity contribution in [3.8, 4) is 0 Å². The van der Waals surface area contributed by atoms with Gasteiger partial charge >= 0.3 is 5.97 Å². The Balaban J connectivity index is 2.42. The molecule has 0 saturated heterocycles. The predicted molar refractivity (Wildman–Crippen MR) is 74.5 cm³/mol. The van der Waals surface area contributed by atoms with E-state index in [0.717, 1.165) is 0 Å². The first-order valence-electron chi connectivity index (χ1n) is 5.55. The number of H-pyrrole nitrogens is 1. The largest absolute Gasteiger partial charge is 0.462 e. The molecular formula is C12H12ClN3O2S. The maximum atomic E-state index is 11.9. The highest BCUT2D eigenvalue weighted by molar-refractivity contribution is 7.99. The Morgan fingerprint density at radius 3 is 3.00 bits per heavy atom. The van der Waals surface area contributed by atoms with Gasteiger partial charge in [0.2, 0.25) is 0 Å². The number of hydrogen-bond acceptors (Lipinski definition) is 5. The Bertz CT molecular complexity index is 587. The summed E-state index contributed by atoms with van der Waals surface area (Å²) in [6.07, 6.45) is 3.31. The molecule has 0 spiro atoms. The number of halogens is 1. The molecule has 0 saturated carbocycles. The first kappa shape index (κ1) is 13.8. The summed E-state index contributed by atoms with van der Waals surface area (Å²) in [5, 5.41) is 1.03. The minimum absolute atomic E-state index is 0.288. The van der Waals surface area contributed by atoms with Crippen molar-refractivity contribution < 1.29 is 9.53 Å². The van der Waals surface area contributed by atoms with Crippen molar-refractivity contribution in [1.82, 2.24) is 9.97 Å². The highest BCUT2D eigenvalue weighted by Crippen LogP contribution is 2.36. The van der Waals surface area contributed by atoms with Crippen molar-refractivity contribution in [3.63, 3.8) is 0 Å². The van der Waals surface area contributed by atoms with Crippen molar-refractivity contribution in [1.29, 1.82) is 0 Å². The van der Waals surface area contributed by atoms with E-state index < -0.39 is 5.97 Å². The molecule has 1 aromatic carbocycles. The molecule has 0 aliphatic rings. The van der Waals surface area contributed by atoms with Gasteiger partial charge in [0.15, 0.2) is 5.16 Å². The highest BCUT2D eigenvalue weighted by atomic mass is 35.5. The molecule has 19 heavy (non-hydrogen) atoms. The Kier molecular flexibility index (Phi) is 4.34. The van der Waals surface area contributed by atoms with Gasteiger partial charge in [-0.05, 0) is 30.8 Å². The Morgan fingerprint density at radius 2 is 2.37 bits per heavy atom. The number of nitrogens with zero attached hydrogens (tertiary/aromatic N) is 1. The molecule has 0 fully saturated rings. The van der Waals surface area contributed by atoms with Crippen LogP contribution in [0.4, 0.5) is 5.69 Å². The number of nitrogens with one attached hydrogen (secondary N) is 1. The van der Waals surface area contributed by atoms with E-state index in [0.29, 0.717) is 26.3 Å². The van der Waals surface area contributed by atoms with Gasteiger partial charge in [0.25, 0.3) is 0 Å². The summed E-state index contributed by atoms with van der Waals surface area (Å²) in [5.74, 6) is -0.453. The number of carbonyl (C=O) groups is 1. The van der Waals surface area contributed by atoms with Gasteiger partial charge in [-0.15, -0.1) is 0 Å². The Morgan fingerprint density at radius 1 is 1.58 bits per heavy atom. The summed E-state index contributed by atoms with van der Waals surface area (Å²) in [6, 6.07) is 3.14. The molecule has 2 rings (SSSR count). The van der Waals surface area contributed by atoms with Gasteiger partial charge < -0.3 is 15.5 Å². The van der Waals surface area contributed by atoms with Gasteiger partial charge in [0, 0.05) is 23.0 Å². The topological polar surface area (TPSA) is 81.0 Å². The zero-order valence-electron chi connectivity index (χ0n) is 10.1. The number of carbonyl (C=O) groups excluding carboxylic acids is 1. The van der Waals surface area contributed by atoms with E-state index in [1.54, 1.807) is 31.5 Å². The Hall–Kier alpha value is -1.66. The molecule has 1 aromatic heterocycles. The third-order valence-corrected chi connectivity index (χ3v) is 3.70. The quantitative estimate of drug-likeness (QED) is 0.670. The number of esters is 1. The van der Waals surface area contributed by atoms with E-state index in [-0.39, 0.29) is 6.61 Å². The number of imidazole rings is 1. The predicted octanol–water partition coefficient (Wildman–Crippen LogP) is 2.97. The maximum absolute atomic E-state index is 11.9. The summed E-state index contributed by atoms with van der Waals surface area (Å²) >= 11 is 7.40. The second-order valence-corrected chi connectivity index (χ2v) is 5.00. The van der Waals surface area contributed by atoms with Gasteiger partial charge in [0.1, 0.15) is 0 Å². The van der Waals surface area contributed by atoms with Gasteiger partial charge in [-0.3, -0.25) is 0 Å². The van der Waals surface area contributed by atoms with E-state index in [2.05, 4.69) is 9.97 Å². The van der Waals surface area contributed by atoms with E-state index in [9.17, 15) is 4.79 Å². The van der Waals surface area contributed by atoms with Crippen molar-refractivity contribution in [3.05, 3.63) is 35.1 Å². The van der Waals surface area contributed by atoms with Gasteiger partial charge in [-0.2, -0.15) is 0 Å². The lowest BCUT2D eigenvalue weighted by atomic mass is 10.2. The third kappa shape index (κ3) is 3.21. The minimum atomic E-state index is -0.453. The first-order valence-corrected chi connectivity index (χ1v) is 6.74. The molecule has 0 radical (unpaired) electrons. The van der Waals surface area contributed by atoms with Crippen LogP contribution in [0, 0.1) is 0 Å². The lowest BCUT2D eigenvalue weighted by Gasteiger charge is -2.10. The van der Waals surface area contributed by atoms with Crippen LogP contribution in [0.5, 0.6) is 0 Å². The molecule has 0 bridgehead atoms. The van der Waals surface area contributed by atoms with Crippen LogP contribution in [0.1, 0.15) is 17.3 Å². The summed E-state index contributed by atoms with van der Waals surface area (Å²) < 4.78 is 5.00. The zero-order chi connectivity index (χ0) is 13.8. The summed E-state index contributed by atoms with van der Waals surface area (Å²) in [4.78, 5) is 19.5. The smallest absolute Gasteiger partial charge is 0.339 e. The van der Waals surface area contributed by atoms with Crippen molar-refractivity contribution in [2.24, 2.45) is 0 Å². The van der Waals surface area contributed by atoms with E-state index in [1.807, 2.05) is 0 Å². The van der Waals surface area contributed by atoms with Crippen molar-refractivity contribution >= 4 is 35.0 Å². The standard InChI is InChI=1S/C12H12ClN3O2S/c1-2-18-11(17)8-5-7(14)6-9(13)10(8)19-12-15-3-4-16-12/h3-6H,2,14H2,1H3,(H,15,16). The van der Waals surface area contributed by atoms with Crippen LogP contribution in [-0.4, -0.2) is 22.5 Å². The average Bonchev–Trinajstić information content (AvgIpc) is 2.85. The van der Waals surface area contributed by atoms with Gasteiger partial charge in [0.05, 0.1) is 17.2 Å². The summed E-state index contributed by atoms with van der Waals surface area (Å²) in [5.41, 5.74) is 6.47. The van der Waals surface area contributed by atoms with E-state index >= 15 is 0 Å². The molecule has 0 aliphatic carbocycles. The number of ether oxygens (including phenoxy) is 1. The number of nitrogens with two attached hydrogens (primary N) is 1. The molecule has 5 nitrogen and oxygen atoms in total. The molecule has 7 heteroatoms. The molecule has 1 heterocycles. The average molecular weight is 298 g/mol. The lowest BCUT2D eigenvalue weighted by Crippen LogP contribution is -2.07. The number of anilines is 1. The molecular weight excluding hydrogens is 286 g/mol. The van der Waals surface area contributed by atoms with Crippen LogP contribution in [0.25, 0.3) is 0 Å². The van der Waals surface area contributed by atoms with Crippen LogP contribution in [0.3, 0.4) is 0 Å². The third-order valence-electron chi connectivity index (χ3n) is 2.23. The number of hydrogen-bond donors (Lipinski definition) is 2. The highest BCUT2D eigenvalue weighted by Gasteiger charge is 2.18. The number of benzene rings is 1. The fourth-order valence-corrected chi connectivity index (χ4v) is 2.67. The number of aromatic amines is 1. The van der Waals surface area contributed by atoms with E-state index in [4.69, 9.17) is 22.1 Å². The normalized spacial score (nSPS) is 10.4. The van der Waals surface area contributed by atoms with Crippen molar-refractivity contribution in [2.45, 2.75) is 17.0 Å². The van der Waals surface area contributed by atoms with Gasteiger partial charge in [-0.1, -0.05) is 11.6 Å². The molecule has 2 aromatic rings. The van der Waals surface area contributed by atoms with Crippen LogP contribution in [0.15, 0.2) is 34.6 Å². The molecule has 0 atom stereocenters. The monoisotopic (exact) mass is 297 g/mol. The molecule has 3 N–H and O–H groups in total. The van der Waals surface area contributed by atoms with Crippen LogP contribution >= 0.6 is 23.4 Å². The molecule has 0 amide bonds. The van der Waals surface area contributed by atoms with E-state index in [1.165, 1.54) is 11.8 Å². The zero-order valence-corrected chi connectivity index (χ0v) is 11.7. The molecule has 100 valence electrons. The van der Waals surface area contributed by atoms with Crippen molar-refractivity contribution in [2.75, 3.05) is 12.3 Å². The van der Waals surface area contributed by atoms with Crippen LogP contribution < -0.4 is 5.73 Å². The summed E-state index contributed by atoms with van der Waals surface area (Å²) in [6.45, 7) is 2.03. The second-order valence-electron chi connectivity index (χ2n) is 3.60. The van der Waals surface area contributed by atoms with Crippen LogP contribution in [-0.2, 0) is 4.74 Å². The van der Waals surface area contributed by atoms with Gasteiger partial charge in [-0.25, -0.2) is 9.78 Å². The molecule has 0 unspecified atom stereocenters. The SMILES string of the molecule is CCOC(=O)c1cc(N)cc(Cl)c1Sc1ncc[nH]1. The first-order chi connectivity index (χ1) is 9.11. The fraction of sp³-hybridized carbons (Fsp3) is 0.167. The number of rotatable bonds is 4. The maximum Gasteiger partial charge on any atom is 0.339 e. The Labute approximate surface area is 119 Å². The minimum Gasteiger partial charge on any atom is -0.462 e. The number of aromatic nitrogens is 2.